The van der Waals surface area contributed by atoms with Crippen molar-refractivity contribution in [2.24, 2.45) is 5.41 Å². The molecule has 0 aliphatic heterocycles. The number of hydrogen-bond donors (Lipinski definition) is 3. The Bertz CT molecular complexity index is 167. The summed E-state index contributed by atoms with van der Waals surface area (Å²) in [5.41, 5.74) is 0.162. The zero-order valence-electron chi connectivity index (χ0n) is 10.4. The Morgan fingerprint density at radius 2 is 1.69 bits per heavy atom. The third-order valence-corrected chi connectivity index (χ3v) is 3.76. The summed E-state index contributed by atoms with van der Waals surface area (Å²) in [7, 11) is 0. The minimum Gasteiger partial charge on any atom is -0.396 e. The van der Waals surface area contributed by atoms with Gasteiger partial charge in [0.05, 0.1) is 0 Å². The van der Waals surface area contributed by atoms with Crippen LogP contribution in [0.15, 0.2) is 0 Å². The molecule has 1 aliphatic carbocycles. The van der Waals surface area contributed by atoms with Crippen LogP contribution in [-0.4, -0.2) is 36.5 Å². The summed E-state index contributed by atoms with van der Waals surface area (Å²) >= 11 is 0. The third-order valence-electron chi connectivity index (χ3n) is 3.76. The number of nitrogens with one attached hydrogen (secondary N) is 1. The van der Waals surface area contributed by atoms with Crippen LogP contribution >= 0.6 is 0 Å². The second-order valence-corrected chi connectivity index (χ2v) is 5.18. The molecule has 96 valence electrons. The minimum atomic E-state index is 0.162. The highest BCUT2D eigenvalue weighted by atomic mass is 16.3. The van der Waals surface area contributed by atoms with Gasteiger partial charge >= 0.3 is 0 Å². The van der Waals surface area contributed by atoms with Crippen LogP contribution in [0.4, 0.5) is 0 Å². The van der Waals surface area contributed by atoms with Gasteiger partial charge in [-0.05, 0) is 38.6 Å². The van der Waals surface area contributed by atoms with Crippen LogP contribution in [0.3, 0.4) is 0 Å². The van der Waals surface area contributed by atoms with E-state index in [1.165, 1.54) is 32.1 Å². The summed E-state index contributed by atoms with van der Waals surface area (Å²) < 4.78 is 0. The van der Waals surface area contributed by atoms with E-state index in [2.05, 4.69) is 5.32 Å². The predicted octanol–water partition coefficient (Wildman–Crippen LogP) is 1.68. The van der Waals surface area contributed by atoms with Crippen LogP contribution in [0.5, 0.6) is 0 Å². The molecule has 1 aliphatic rings. The fraction of sp³-hybridized carbons (Fsp3) is 1.00. The summed E-state index contributed by atoms with van der Waals surface area (Å²) in [4.78, 5) is 0. The van der Waals surface area contributed by atoms with E-state index >= 15 is 0 Å². The van der Waals surface area contributed by atoms with E-state index < -0.39 is 0 Å². The Labute approximate surface area is 99.3 Å². The molecule has 0 heterocycles. The van der Waals surface area contributed by atoms with Crippen molar-refractivity contribution in [1.82, 2.24) is 5.32 Å². The second-order valence-electron chi connectivity index (χ2n) is 5.18. The Morgan fingerprint density at radius 1 is 0.938 bits per heavy atom. The molecule has 0 atom stereocenters. The maximum absolute atomic E-state index is 9.51. The summed E-state index contributed by atoms with van der Waals surface area (Å²) in [6.07, 6.45) is 9.35. The van der Waals surface area contributed by atoms with Gasteiger partial charge in [-0.1, -0.05) is 19.3 Å². The largest absolute Gasteiger partial charge is 0.396 e. The van der Waals surface area contributed by atoms with Crippen LogP contribution in [0, 0.1) is 5.41 Å². The summed E-state index contributed by atoms with van der Waals surface area (Å²) in [5, 5.41) is 21.6. The van der Waals surface area contributed by atoms with Gasteiger partial charge in [0.1, 0.15) is 0 Å². The van der Waals surface area contributed by atoms with E-state index in [1.807, 2.05) is 0 Å². The Kier molecular flexibility index (Phi) is 7.01. The van der Waals surface area contributed by atoms with Crippen LogP contribution in [0.2, 0.25) is 0 Å². The van der Waals surface area contributed by atoms with E-state index in [-0.39, 0.29) is 5.41 Å². The Morgan fingerprint density at radius 3 is 2.31 bits per heavy atom. The van der Waals surface area contributed by atoms with Gasteiger partial charge in [-0.25, -0.2) is 0 Å². The first-order valence-electron chi connectivity index (χ1n) is 6.75. The van der Waals surface area contributed by atoms with Crippen LogP contribution < -0.4 is 5.32 Å². The van der Waals surface area contributed by atoms with Crippen molar-refractivity contribution in [3.63, 3.8) is 0 Å². The van der Waals surface area contributed by atoms with E-state index in [0.29, 0.717) is 13.2 Å². The van der Waals surface area contributed by atoms with Crippen molar-refractivity contribution in [3.8, 4) is 0 Å². The molecule has 0 aromatic carbocycles. The molecule has 16 heavy (non-hydrogen) atoms. The lowest BCUT2D eigenvalue weighted by Crippen LogP contribution is -2.39. The first-order valence-corrected chi connectivity index (χ1v) is 6.75. The SMILES string of the molecule is OCCCCCNCC1(CO)CCCCC1. The van der Waals surface area contributed by atoms with Gasteiger partial charge < -0.3 is 15.5 Å². The van der Waals surface area contributed by atoms with Gasteiger partial charge in [-0.15, -0.1) is 0 Å². The second kappa shape index (κ2) is 8.04. The lowest BCUT2D eigenvalue weighted by molar-refractivity contribution is 0.0814. The fourth-order valence-corrected chi connectivity index (χ4v) is 2.58. The molecular formula is C13H27NO2. The molecule has 0 saturated heterocycles. The van der Waals surface area contributed by atoms with Gasteiger partial charge in [0.15, 0.2) is 0 Å². The Balaban J connectivity index is 2.08. The summed E-state index contributed by atoms with van der Waals surface area (Å²) in [5.74, 6) is 0. The molecule has 3 N–H and O–H groups in total. The average Bonchev–Trinajstić information content (AvgIpc) is 2.35. The summed E-state index contributed by atoms with van der Waals surface area (Å²) in [6, 6.07) is 0. The molecule has 0 spiro atoms. The predicted molar refractivity (Wildman–Crippen MR) is 66.4 cm³/mol. The molecule has 0 unspecified atom stereocenters. The van der Waals surface area contributed by atoms with Crippen LogP contribution in [0.1, 0.15) is 51.4 Å². The van der Waals surface area contributed by atoms with Crippen molar-refractivity contribution >= 4 is 0 Å². The topological polar surface area (TPSA) is 52.5 Å². The molecule has 0 aromatic heterocycles. The Hall–Kier alpha value is -0.120. The quantitative estimate of drug-likeness (QED) is 0.555. The molecule has 0 aromatic rings. The normalized spacial score (nSPS) is 19.9. The lowest BCUT2D eigenvalue weighted by atomic mass is 9.74. The number of aliphatic hydroxyl groups excluding tert-OH is 2. The molecule has 1 rings (SSSR count). The maximum Gasteiger partial charge on any atom is 0.0499 e. The molecule has 0 bridgehead atoms. The molecule has 0 radical (unpaired) electrons. The van der Waals surface area contributed by atoms with Gasteiger partial charge in [0.2, 0.25) is 0 Å². The van der Waals surface area contributed by atoms with Crippen LogP contribution in [-0.2, 0) is 0 Å². The van der Waals surface area contributed by atoms with Crippen molar-refractivity contribution < 1.29 is 10.2 Å². The van der Waals surface area contributed by atoms with E-state index in [1.54, 1.807) is 0 Å². The molecule has 0 amide bonds. The minimum absolute atomic E-state index is 0.162. The standard InChI is InChI=1S/C13H27NO2/c15-10-6-2-5-9-14-11-13(12-16)7-3-1-4-8-13/h14-16H,1-12H2. The van der Waals surface area contributed by atoms with Crippen molar-refractivity contribution in [2.75, 3.05) is 26.3 Å². The number of rotatable bonds is 8. The smallest absolute Gasteiger partial charge is 0.0499 e. The lowest BCUT2D eigenvalue weighted by Gasteiger charge is -2.35. The van der Waals surface area contributed by atoms with Crippen molar-refractivity contribution in [2.45, 2.75) is 51.4 Å². The average molecular weight is 229 g/mol. The number of aliphatic hydroxyl groups is 2. The molecule has 3 nitrogen and oxygen atoms in total. The molecule has 1 saturated carbocycles. The highest BCUT2D eigenvalue weighted by Gasteiger charge is 2.30. The van der Waals surface area contributed by atoms with Crippen molar-refractivity contribution in [1.29, 1.82) is 0 Å². The van der Waals surface area contributed by atoms with Gasteiger partial charge in [-0.3, -0.25) is 0 Å². The van der Waals surface area contributed by atoms with E-state index in [9.17, 15) is 5.11 Å². The van der Waals surface area contributed by atoms with E-state index in [0.717, 1.165) is 32.4 Å². The van der Waals surface area contributed by atoms with Crippen molar-refractivity contribution in [3.05, 3.63) is 0 Å². The zero-order valence-corrected chi connectivity index (χ0v) is 10.4. The molecular weight excluding hydrogens is 202 g/mol. The summed E-state index contributed by atoms with van der Waals surface area (Å²) in [6.45, 7) is 2.61. The first-order chi connectivity index (χ1) is 7.83. The molecule has 3 heteroatoms. The highest BCUT2D eigenvalue weighted by molar-refractivity contribution is 4.84. The fourth-order valence-electron chi connectivity index (χ4n) is 2.58. The highest BCUT2D eigenvalue weighted by Crippen LogP contribution is 2.35. The third kappa shape index (κ3) is 4.81. The van der Waals surface area contributed by atoms with Gasteiger partial charge in [0, 0.05) is 25.2 Å². The van der Waals surface area contributed by atoms with Gasteiger partial charge in [0.25, 0.3) is 0 Å². The first kappa shape index (κ1) is 13.9. The van der Waals surface area contributed by atoms with Crippen LogP contribution in [0.25, 0.3) is 0 Å². The van der Waals surface area contributed by atoms with E-state index in [4.69, 9.17) is 5.11 Å². The number of hydrogen-bond acceptors (Lipinski definition) is 3. The maximum atomic E-state index is 9.51. The zero-order chi connectivity index (χ0) is 11.7. The molecule has 1 fully saturated rings. The van der Waals surface area contributed by atoms with Gasteiger partial charge in [-0.2, -0.15) is 0 Å². The monoisotopic (exact) mass is 229 g/mol. The number of unbranched alkanes of at least 4 members (excludes halogenated alkanes) is 2.